The van der Waals surface area contributed by atoms with Crippen molar-refractivity contribution in [2.45, 2.75) is 6.42 Å². The minimum absolute atomic E-state index is 1.04. The largest absolute Gasteiger partial charge is 0.339 e. The molecule has 2 aromatic rings. The van der Waals surface area contributed by atoms with E-state index in [2.05, 4.69) is 37.2 Å². The second kappa shape index (κ2) is 3.95. The Labute approximate surface area is 90.1 Å². The fourth-order valence-electron chi connectivity index (χ4n) is 1.82. The molecule has 0 aliphatic heterocycles. The van der Waals surface area contributed by atoms with E-state index in [1.54, 1.807) is 4.68 Å². The Kier molecular flexibility index (Phi) is 2.64. The molecule has 3 heteroatoms. The maximum atomic E-state index is 5.89. The molecule has 0 unspecified atom stereocenters. The van der Waals surface area contributed by atoms with E-state index >= 15 is 0 Å². The van der Waals surface area contributed by atoms with E-state index in [1.165, 1.54) is 10.9 Å². The average Bonchev–Trinajstić information content (AvgIpc) is 2.54. The van der Waals surface area contributed by atoms with Gasteiger partial charge in [0.1, 0.15) is 0 Å². The summed E-state index contributed by atoms with van der Waals surface area (Å²) in [4.78, 5) is 2.18. The van der Waals surface area contributed by atoms with Crippen LogP contribution in [-0.2, 0) is 6.42 Å². The van der Waals surface area contributed by atoms with Crippen molar-refractivity contribution in [3.05, 3.63) is 36.0 Å². The summed E-state index contributed by atoms with van der Waals surface area (Å²) in [5, 5.41) is 1.27. The number of para-hydroxylation sites is 1. The SMILES string of the molecule is CN(C)CCc1cn(N)c2ccccc12. The number of rotatable bonds is 3. The summed E-state index contributed by atoms with van der Waals surface area (Å²) in [5.74, 6) is 5.89. The summed E-state index contributed by atoms with van der Waals surface area (Å²) in [5.41, 5.74) is 2.42. The number of hydrogen-bond donors (Lipinski definition) is 1. The van der Waals surface area contributed by atoms with Crippen LogP contribution in [-0.4, -0.2) is 30.2 Å². The Morgan fingerprint density at radius 1 is 1.27 bits per heavy atom. The summed E-state index contributed by atoms with van der Waals surface area (Å²) in [7, 11) is 4.17. The summed E-state index contributed by atoms with van der Waals surface area (Å²) < 4.78 is 1.71. The zero-order chi connectivity index (χ0) is 10.8. The smallest absolute Gasteiger partial charge is 0.0692 e. The Hall–Kier alpha value is -1.48. The van der Waals surface area contributed by atoms with Gasteiger partial charge in [-0.1, -0.05) is 18.2 Å². The molecule has 0 bridgehead atoms. The van der Waals surface area contributed by atoms with Crippen LogP contribution in [0.2, 0.25) is 0 Å². The number of hydrogen-bond acceptors (Lipinski definition) is 2. The van der Waals surface area contributed by atoms with Crippen LogP contribution in [0.5, 0.6) is 0 Å². The van der Waals surface area contributed by atoms with Gasteiger partial charge in [-0.25, -0.2) is 0 Å². The Morgan fingerprint density at radius 2 is 2.00 bits per heavy atom. The molecule has 0 saturated carbocycles. The number of nitrogens with zero attached hydrogens (tertiary/aromatic N) is 2. The van der Waals surface area contributed by atoms with Crippen molar-refractivity contribution >= 4 is 10.9 Å². The third-order valence-corrected chi connectivity index (χ3v) is 2.65. The number of nitrogen functional groups attached to an aromatic ring is 1. The molecule has 1 heterocycles. The molecule has 0 atom stereocenters. The quantitative estimate of drug-likeness (QED) is 0.766. The first-order valence-corrected chi connectivity index (χ1v) is 5.17. The van der Waals surface area contributed by atoms with Gasteiger partial charge in [0.2, 0.25) is 0 Å². The highest BCUT2D eigenvalue weighted by atomic mass is 15.3. The van der Waals surface area contributed by atoms with Crippen LogP contribution in [0.25, 0.3) is 10.9 Å². The van der Waals surface area contributed by atoms with E-state index in [1.807, 2.05) is 12.3 Å². The molecular weight excluding hydrogens is 186 g/mol. The van der Waals surface area contributed by atoms with Gasteiger partial charge in [-0.3, -0.25) is 4.68 Å². The fraction of sp³-hybridized carbons (Fsp3) is 0.333. The Balaban J connectivity index is 2.35. The standard InChI is InChI=1S/C12H17N3/c1-14(2)8-7-10-9-15(13)12-6-4-3-5-11(10)12/h3-6,9H,7-8,13H2,1-2H3. The molecule has 3 nitrogen and oxygen atoms in total. The highest BCUT2D eigenvalue weighted by Gasteiger charge is 2.05. The lowest BCUT2D eigenvalue weighted by atomic mass is 10.1. The minimum atomic E-state index is 1.04. The van der Waals surface area contributed by atoms with E-state index in [9.17, 15) is 0 Å². The second-order valence-corrected chi connectivity index (χ2v) is 4.13. The second-order valence-electron chi connectivity index (χ2n) is 4.13. The molecule has 2 rings (SSSR count). The molecule has 0 amide bonds. The van der Waals surface area contributed by atoms with Crippen LogP contribution >= 0.6 is 0 Å². The first kappa shape index (κ1) is 10.1. The minimum Gasteiger partial charge on any atom is -0.339 e. The van der Waals surface area contributed by atoms with Gasteiger partial charge < -0.3 is 10.7 Å². The number of benzene rings is 1. The van der Waals surface area contributed by atoms with E-state index < -0.39 is 0 Å². The third kappa shape index (κ3) is 1.97. The third-order valence-electron chi connectivity index (χ3n) is 2.65. The molecule has 0 aliphatic rings. The summed E-state index contributed by atoms with van der Waals surface area (Å²) in [6.07, 6.45) is 3.06. The lowest BCUT2D eigenvalue weighted by molar-refractivity contribution is 0.414. The molecular formula is C12H17N3. The molecule has 15 heavy (non-hydrogen) atoms. The predicted octanol–water partition coefficient (Wildman–Crippen LogP) is 1.46. The molecule has 0 saturated heterocycles. The summed E-state index contributed by atoms with van der Waals surface area (Å²) >= 11 is 0. The maximum absolute atomic E-state index is 5.89. The van der Waals surface area contributed by atoms with Crippen LogP contribution in [0.3, 0.4) is 0 Å². The van der Waals surface area contributed by atoms with Crippen molar-refractivity contribution in [2.75, 3.05) is 26.5 Å². The molecule has 0 aliphatic carbocycles. The van der Waals surface area contributed by atoms with Crippen LogP contribution in [0.1, 0.15) is 5.56 Å². The average molecular weight is 203 g/mol. The zero-order valence-corrected chi connectivity index (χ0v) is 9.27. The number of fused-ring (bicyclic) bond motifs is 1. The summed E-state index contributed by atoms with van der Waals surface area (Å²) in [6.45, 7) is 1.05. The van der Waals surface area contributed by atoms with E-state index in [0.717, 1.165) is 18.5 Å². The van der Waals surface area contributed by atoms with Crippen molar-refractivity contribution in [1.29, 1.82) is 0 Å². The van der Waals surface area contributed by atoms with Crippen molar-refractivity contribution in [1.82, 2.24) is 9.58 Å². The highest BCUT2D eigenvalue weighted by molar-refractivity contribution is 5.83. The van der Waals surface area contributed by atoms with Gasteiger partial charge in [-0.15, -0.1) is 0 Å². The van der Waals surface area contributed by atoms with Crippen molar-refractivity contribution < 1.29 is 0 Å². The van der Waals surface area contributed by atoms with Crippen LogP contribution in [0.4, 0.5) is 0 Å². The van der Waals surface area contributed by atoms with Crippen LogP contribution < -0.4 is 5.84 Å². The van der Waals surface area contributed by atoms with Crippen molar-refractivity contribution in [3.63, 3.8) is 0 Å². The fourth-order valence-corrected chi connectivity index (χ4v) is 1.82. The van der Waals surface area contributed by atoms with Gasteiger partial charge in [0.15, 0.2) is 0 Å². The topological polar surface area (TPSA) is 34.2 Å². The Morgan fingerprint density at radius 3 is 2.73 bits per heavy atom. The van der Waals surface area contributed by atoms with Gasteiger partial charge in [0.05, 0.1) is 5.52 Å². The first-order valence-electron chi connectivity index (χ1n) is 5.17. The molecule has 2 N–H and O–H groups in total. The van der Waals surface area contributed by atoms with E-state index in [0.29, 0.717) is 0 Å². The molecule has 0 spiro atoms. The van der Waals surface area contributed by atoms with Crippen LogP contribution in [0.15, 0.2) is 30.5 Å². The lowest BCUT2D eigenvalue weighted by Crippen LogP contribution is -2.15. The van der Waals surface area contributed by atoms with Crippen molar-refractivity contribution in [2.24, 2.45) is 0 Å². The molecule has 1 aromatic carbocycles. The highest BCUT2D eigenvalue weighted by Crippen LogP contribution is 2.19. The predicted molar refractivity (Wildman–Crippen MR) is 64.3 cm³/mol. The zero-order valence-electron chi connectivity index (χ0n) is 9.27. The van der Waals surface area contributed by atoms with Gasteiger partial charge in [-0.2, -0.15) is 0 Å². The maximum Gasteiger partial charge on any atom is 0.0692 e. The number of aromatic nitrogens is 1. The van der Waals surface area contributed by atoms with E-state index in [-0.39, 0.29) is 0 Å². The molecule has 0 fully saturated rings. The van der Waals surface area contributed by atoms with Gasteiger partial charge in [0.25, 0.3) is 0 Å². The van der Waals surface area contributed by atoms with Gasteiger partial charge >= 0.3 is 0 Å². The van der Waals surface area contributed by atoms with E-state index in [4.69, 9.17) is 5.84 Å². The monoisotopic (exact) mass is 203 g/mol. The van der Waals surface area contributed by atoms with Crippen LogP contribution in [0, 0.1) is 0 Å². The molecule has 0 radical (unpaired) electrons. The van der Waals surface area contributed by atoms with Gasteiger partial charge in [-0.05, 0) is 32.1 Å². The number of nitrogens with two attached hydrogens (primary N) is 1. The van der Waals surface area contributed by atoms with Gasteiger partial charge in [0, 0.05) is 18.1 Å². The normalized spacial score (nSPS) is 11.4. The first-order chi connectivity index (χ1) is 7.18. The summed E-state index contributed by atoms with van der Waals surface area (Å²) in [6, 6.07) is 8.25. The molecule has 1 aromatic heterocycles. The molecule has 80 valence electrons. The lowest BCUT2D eigenvalue weighted by Gasteiger charge is -2.07. The van der Waals surface area contributed by atoms with Crippen molar-refractivity contribution in [3.8, 4) is 0 Å². The Bertz CT molecular complexity index is 457. The number of likely N-dealkylation sites (N-methyl/N-ethyl adjacent to an activating group) is 1.